The first kappa shape index (κ1) is 18.0. The summed E-state index contributed by atoms with van der Waals surface area (Å²) >= 11 is 3.25. The average Bonchev–Trinajstić information content (AvgIpc) is 3.07. The van der Waals surface area contributed by atoms with Crippen LogP contribution in [0.15, 0.2) is 21.2 Å². The molecule has 0 atom stereocenters. The molecule has 2 aliphatic rings. The zero-order valence-electron chi connectivity index (χ0n) is 14.5. The summed E-state index contributed by atoms with van der Waals surface area (Å²) in [5, 5.41) is 3.14. The Hall–Kier alpha value is -0.850. The van der Waals surface area contributed by atoms with Gasteiger partial charge >= 0.3 is 0 Å². The number of carbonyl (C=O) groups excluding carboxylic acids is 1. The van der Waals surface area contributed by atoms with E-state index in [0.717, 1.165) is 39.3 Å². The first-order chi connectivity index (χ1) is 11.6. The Bertz CT molecular complexity index is 546. The number of furan rings is 1. The van der Waals surface area contributed by atoms with Gasteiger partial charge in [0.2, 0.25) is 0 Å². The Kier molecular flexibility index (Phi) is 6.00. The maximum Gasteiger partial charge on any atom is 0.287 e. The van der Waals surface area contributed by atoms with Gasteiger partial charge in [0.25, 0.3) is 5.91 Å². The van der Waals surface area contributed by atoms with Gasteiger partial charge in [-0.15, -0.1) is 0 Å². The number of halogens is 1. The summed E-state index contributed by atoms with van der Waals surface area (Å²) in [6.07, 6.45) is 6.20. The lowest BCUT2D eigenvalue weighted by Gasteiger charge is -2.50. The molecule has 0 spiro atoms. The maximum absolute atomic E-state index is 12.4. The Labute approximate surface area is 152 Å². The maximum atomic E-state index is 12.4. The van der Waals surface area contributed by atoms with Crippen molar-refractivity contribution in [1.82, 2.24) is 15.1 Å². The molecular formula is C18H28BrN3O2. The highest BCUT2D eigenvalue weighted by Gasteiger charge is 2.39. The predicted molar refractivity (Wildman–Crippen MR) is 98.2 cm³/mol. The molecule has 1 aliphatic heterocycles. The van der Waals surface area contributed by atoms with E-state index < -0.39 is 0 Å². The van der Waals surface area contributed by atoms with Gasteiger partial charge in [-0.2, -0.15) is 0 Å². The first-order valence-electron chi connectivity index (χ1n) is 9.14. The molecule has 1 aromatic heterocycles. The lowest BCUT2D eigenvalue weighted by molar-refractivity contribution is 0.00906. The molecule has 134 valence electrons. The van der Waals surface area contributed by atoms with E-state index in [1.807, 2.05) is 0 Å². The van der Waals surface area contributed by atoms with Crippen molar-refractivity contribution >= 4 is 21.8 Å². The molecule has 0 radical (unpaired) electrons. The highest BCUT2D eigenvalue weighted by Crippen LogP contribution is 2.34. The van der Waals surface area contributed by atoms with Crippen LogP contribution >= 0.6 is 15.9 Å². The molecule has 0 aromatic carbocycles. The standard InChI is InChI=1S/C18H28BrN3O2/c1-2-21-10-12-22(13-11-21)18(8-4-3-5-9-18)14-20-17(23)15-6-7-16(19)24-15/h6-7H,2-5,8-14H2,1H3,(H,20,23). The summed E-state index contributed by atoms with van der Waals surface area (Å²) < 4.78 is 5.97. The normalized spacial score (nSPS) is 22.4. The first-order valence-corrected chi connectivity index (χ1v) is 9.93. The van der Waals surface area contributed by atoms with Gasteiger partial charge in [0.15, 0.2) is 10.4 Å². The predicted octanol–water partition coefficient (Wildman–Crippen LogP) is 3.11. The number of nitrogens with one attached hydrogen (secondary N) is 1. The minimum absolute atomic E-state index is 0.113. The zero-order valence-corrected chi connectivity index (χ0v) is 16.1. The molecule has 2 fully saturated rings. The number of rotatable bonds is 5. The van der Waals surface area contributed by atoms with Gasteiger partial charge in [0.05, 0.1) is 0 Å². The summed E-state index contributed by atoms with van der Waals surface area (Å²) in [6, 6.07) is 3.47. The smallest absolute Gasteiger partial charge is 0.287 e. The minimum atomic E-state index is -0.113. The Balaban J connectivity index is 1.64. The number of hydrogen-bond acceptors (Lipinski definition) is 4. The van der Waals surface area contributed by atoms with E-state index in [9.17, 15) is 4.79 Å². The second-order valence-electron chi connectivity index (χ2n) is 6.99. The summed E-state index contributed by atoms with van der Waals surface area (Å²) in [7, 11) is 0. The van der Waals surface area contributed by atoms with Crippen LogP contribution in [0.3, 0.4) is 0 Å². The molecule has 0 unspecified atom stereocenters. The Morgan fingerprint density at radius 1 is 1.21 bits per heavy atom. The van der Waals surface area contributed by atoms with E-state index in [0.29, 0.717) is 10.4 Å². The van der Waals surface area contributed by atoms with Crippen LogP contribution in [0, 0.1) is 0 Å². The van der Waals surface area contributed by atoms with Crippen molar-refractivity contribution in [2.45, 2.75) is 44.6 Å². The topological polar surface area (TPSA) is 48.7 Å². The van der Waals surface area contributed by atoms with Crippen LogP contribution in [0.1, 0.15) is 49.6 Å². The summed E-state index contributed by atoms with van der Waals surface area (Å²) in [5.41, 5.74) is 0.123. The molecule has 0 bridgehead atoms. The monoisotopic (exact) mass is 397 g/mol. The van der Waals surface area contributed by atoms with Crippen LogP contribution in [0.2, 0.25) is 0 Å². The van der Waals surface area contributed by atoms with E-state index >= 15 is 0 Å². The summed E-state index contributed by atoms with van der Waals surface area (Å²) in [5.74, 6) is 0.265. The number of nitrogens with zero attached hydrogens (tertiary/aromatic N) is 2. The van der Waals surface area contributed by atoms with Crippen molar-refractivity contribution in [3.05, 3.63) is 22.6 Å². The molecule has 1 saturated heterocycles. The van der Waals surface area contributed by atoms with Crippen LogP contribution in [0.5, 0.6) is 0 Å². The van der Waals surface area contributed by atoms with Gasteiger partial charge in [0, 0.05) is 38.3 Å². The summed E-state index contributed by atoms with van der Waals surface area (Å²) in [6.45, 7) is 8.57. The van der Waals surface area contributed by atoms with Crippen LogP contribution in [0.4, 0.5) is 0 Å². The second kappa shape index (κ2) is 8.02. The van der Waals surface area contributed by atoms with E-state index in [1.54, 1.807) is 12.1 Å². The molecule has 1 amide bonds. The van der Waals surface area contributed by atoms with Crippen molar-refractivity contribution in [2.24, 2.45) is 0 Å². The largest absolute Gasteiger partial charge is 0.444 e. The fraction of sp³-hybridized carbons (Fsp3) is 0.722. The lowest BCUT2D eigenvalue weighted by Crippen LogP contribution is -2.61. The van der Waals surface area contributed by atoms with Gasteiger partial charge in [0.1, 0.15) is 0 Å². The third-order valence-corrected chi connectivity index (χ3v) is 6.08. The number of carbonyl (C=O) groups is 1. The lowest BCUT2D eigenvalue weighted by atomic mass is 9.79. The Morgan fingerprint density at radius 2 is 1.92 bits per heavy atom. The quantitative estimate of drug-likeness (QED) is 0.828. The fourth-order valence-electron chi connectivity index (χ4n) is 4.12. The molecule has 5 nitrogen and oxygen atoms in total. The van der Waals surface area contributed by atoms with Crippen molar-refractivity contribution in [1.29, 1.82) is 0 Å². The summed E-state index contributed by atoms with van der Waals surface area (Å²) in [4.78, 5) is 17.5. The van der Waals surface area contributed by atoms with E-state index in [1.165, 1.54) is 32.1 Å². The van der Waals surface area contributed by atoms with Gasteiger partial charge in [-0.3, -0.25) is 9.69 Å². The van der Waals surface area contributed by atoms with Crippen LogP contribution in [-0.4, -0.2) is 60.5 Å². The fourth-order valence-corrected chi connectivity index (χ4v) is 4.43. The molecule has 1 aromatic rings. The number of piperazine rings is 1. The van der Waals surface area contributed by atoms with Crippen molar-refractivity contribution in [3.63, 3.8) is 0 Å². The van der Waals surface area contributed by atoms with Crippen molar-refractivity contribution < 1.29 is 9.21 Å². The SMILES string of the molecule is CCN1CCN(C2(CNC(=O)c3ccc(Br)o3)CCCCC2)CC1. The zero-order chi connectivity index (χ0) is 17.0. The average molecular weight is 398 g/mol. The Morgan fingerprint density at radius 3 is 2.50 bits per heavy atom. The van der Waals surface area contributed by atoms with Gasteiger partial charge < -0.3 is 14.6 Å². The third-order valence-electron chi connectivity index (χ3n) is 5.65. The van der Waals surface area contributed by atoms with Gasteiger partial charge in [-0.25, -0.2) is 0 Å². The molecular weight excluding hydrogens is 370 g/mol. The number of hydrogen-bond donors (Lipinski definition) is 1. The second-order valence-corrected chi connectivity index (χ2v) is 7.77. The molecule has 6 heteroatoms. The van der Waals surface area contributed by atoms with Crippen molar-refractivity contribution in [3.8, 4) is 0 Å². The van der Waals surface area contributed by atoms with Crippen molar-refractivity contribution in [2.75, 3.05) is 39.3 Å². The molecule has 1 saturated carbocycles. The number of likely N-dealkylation sites (N-methyl/N-ethyl adjacent to an activating group) is 1. The van der Waals surface area contributed by atoms with Crippen LogP contribution in [0.25, 0.3) is 0 Å². The van der Waals surface area contributed by atoms with Crippen LogP contribution in [-0.2, 0) is 0 Å². The molecule has 24 heavy (non-hydrogen) atoms. The minimum Gasteiger partial charge on any atom is -0.444 e. The number of amides is 1. The van der Waals surface area contributed by atoms with E-state index in [4.69, 9.17) is 4.42 Å². The third kappa shape index (κ3) is 4.03. The van der Waals surface area contributed by atoms with Crippen LogP contribution < -0.4 is 5.32 Å². The molecule has 1 N–H and O–H groups in total. The van der Waals surface area contributed by atoms with Gasteiger partial charge in [-0.1, -0.05) is 26.2 Å². The highest BCUT2D eigenvalue weighted by molar-refractivity contribution is 9.10. The molecule has 1 aliphatic carbocycles. The van der Waals surface area contributed by atoms with Gasteiger partial charge in [-0.05, 0) is 47.4 Å². The molecule has 3 rings (SSSR count). The molecule has 2 heterocycles. The van der Waals surface area contributed by atoms with E-state index in [-0.39, 0.29) is 11.4 Å². The highest BCUT2D eigenvalue weighted by atomic mass is 79.9. The van der Waals surface area contributed by atoms with E-state index in [2.05, 4.69) is 38.0 Å².